The molecule has 0 radical (unpaired) electrons. The van der Waals surface area contributed by atoms with Gasteiger partial charge in [0.05, 0.1) is 23.1 Å². The van der Waals surface area contributed by atoms with Crippen molar-refractivity contribution >= 4 is 17.5 Å². The number of amides is 2. The predicted molar refractivity (Wildman–Crippen MR) is 158 cm³/mol. The Morgan fingerprint density at radius 3 is 2.45 bits per heavy atom. The van der Waals surface area contributed by atoms with Crippen LogP contribution in [0.5, 0.6) is 0 Å². The van der Waals surface area contributed by atoms with E-state index in [-0.39, 0.29) is 29.0 Å². The van der Waals surface area contributed by atoms with E-state index < -0.39 is 11.9 Å². The van der Waals surface area contributed by atoms with Crippen molar-refractivity contribution in [2.75, 3.05) is 26.2 Å². The standard InChI is InChI=1S/C32H36F3N7O2/c1-20-6-4-5-7-23(20)30(43)40-12-14-41(15-13-40)31(44)24-9-8-22(16-21(24)2)17-26-29-37-18-27(42(29)11-10-36-26)25-19-39(3)38-28(25)32(33,34)35/h8-11,16,18-20,23H,4-7,12-15,17H2,1-3H3/t20-,23-/m0/s1. The molecular formula is C32H36F3N7O2. The number of fused-ring (bicyclic) bond motifs is 1. The van der Waals surface area contributed by atoms with E-state index in [0.29, 0.717) is 55.4 Å². The summed E-state index contributed by atoms with van der Waals surface area (Å²) in [5, 5.41) is 3.62. The number of benzene rings is 1. The van der Waals surface area contributed by atoms with Crippen molar-refractivity contribution in [1.29, 1.82) is 0 Å². The first kappa shape index (κ1) is 29.8. The topological polar surface area (TPSA) is 88.6 Å². The van der Waals surface area contributed by atoms with Crippen LogP contribution in [0.2, 0.25) is 0 Å². The summed E-state index contributed by atoms with van der Waals surface area (Å²) in [5.41, 5.74) is 2.63. The quantitative estimate of drug-likeness (QED) is 0.313. The molecule has 3 aromatic heterocycles. The van der Waals surface area contributed by atoms with Gasteiger partial charge in [0.15, 0.2) is 11.3 Å². The molecule has 6 rings (SSSR count). The Morgan fingerprint density at radius 2 is 1.75 bits per heavy atom. The van der Waals surface area contributed by atoms with Crippen molar-refractivity contribution in [3.8, 4) is 11.3 Å². The van der Waals surface area contributed by atoms with Crippen molar-refractivity contribution in [2.24, 2.45) is 18.9 Å². The molecule has 0 N–H and O–H groups in total. The van der Waals surface area contributed by atoms with Gasteiger partial charge in [0.25, 0.3) is 5.91 Å². The summed E-state index contributed by atoms with van der Waals surface area (Å²) in [5.74, 6) is 0.696. The molecule has 1 saturated heterocycles. The Morgan fingerprint density at radius 1 is 1.02 bits per heavy atom. The molecule has 1 aromatic carbocycles. The van der Waals surface area contributed by atoms with Gasteiger partial charge in [-0.3, -0.25) is 23.7 Å². The molecule has 44 heavy (non-hydrogen) atoms. The lowest BCUT2D eigenvalue weighted by molar-refractivity contribution is -0.141. The number of hydrogen-bond donors (Lipinski definition) is 0. The summed E-state index contributed by atoms with van der Waals surface area (Å²) in [7, 11) is 1.45. The van der Waals surface area contributed by atoms with E-state index in [4.69, 9.17) is 0 Å². The Kier molecular flexibility index (Phi) is 7.93. The van der Waals surface area contributed by atoms with Crippen LogP contribution < -0.4 is 0 Å². The molecule has 4 heterocycles. The summed E-state index contributed by atoms with van der Waals surface area (Å²) in [6.45, 7) is 6.19. The second-order valence-corrected chi connectivity index (χ2v) is 12.1. The van der Waals surface area contributed by atoms with Gasteiger partial charge in [0, 0.05) is 69.7 Å². The second-order valence-electron chi connectivity index (χ2n) is 12.1. The minimum absolute atomic E-state index is 0.0535. The van der Waals surface area contributed by atoms with Gasteiger partial charge < -0.3 is 9.80 Å². The molecule has 2 amide bonds. The van der Waals surface area contributed by atoms with E-state index in [1.54, 1.807) is 16.8 Å². The van der Waals surface area contributed by atoms with Crippen LogP contribution in [0.4, 0.5) is 13.2 Å². The summed E-state index contributed by atoms with van der Waals surface area (Å²) in [6.07, 6.45) is 6.01. The Hall–Kier alpha value is -4.22. The lowest BCUT2D eigenvalue weighted by Crippen LogP contribution is -2.52. The van der Waals surface area contributed by atoms with Crippen LogP contribution in [0, 0.1) is 18.8 Å². The van der Waals surface area contributed by atoms with Crippen LogP contribution in [0.3, 0.4) is 0 Å². The average Bonchev–Trinajstić information content (AvgIpc) is 3.61. The number of imidazole rings is 1. The summed E-state index contributed by atoms with van der Waals surface area (Å²) in [4.78, 5) is 39.2. The number of hydrogen-bond acceptors (Lipinski definition) is 5. The highest BCUT2D eigenvalue weighted by Crippen LogP contribution is 2.36. The normalized spacial score (nSPS) is 19.5. The lowest BCUT2D eigenvalue weighted by Gasteiger charge is -2.38. The summed E-state index contributed by atoms with van der Waals surface area (Å²) >= 11 is 0. The first-order valence-electron chi connectivity index (χ1n) is 15.1. The molecule has 1 aliphatic carbocycles. The van der Waals surface area contributed by atoms with Crippen molar-refractivity contribution in [2.45, 2.75) is 52.1 Å². The molecule has 0 unspecified atom stereocenters. The molecule has 0 spiro atoms. The zero-order valence-electron chi connectivity index (χ0n) is 25.1. The van der Waals surface area contributed by atoms with Crippen molar-refractivity contribution in [3.63, 3.8) is 0 Å². The molecule has 232 valence electrons. The van der Waals surface area contributed by atoms with E-state index >= 15 is 0 Å². The summed E-state index contributed by atoms with van der Waals surface area (Å²) < 4.78 is 43.7. The molecule has 9 nitrogen and oxygen atoms in total. The minimum atomic E-state index is -4.61. The van der Waals surface area contributed by atoms with Gasteiger partial charge in [0.2, 0.25) is 5.91 Å². The van der Waals surface area contributed by atoms with E-state index in [9.17, 15) is 22.8 Å². The van der Waals surface area contributed by atoms with Gasteiger partial charge in [-0.05, 0) is 42.9 Å². The molecule has 2 aliphatic rings. The minimum Gasteiger partial charge on any atom is -0.339 e. The molecule has 1 aliphatic heterocycles. The van der Waals surface area contributed by atoms with Crippen molar-refractivity contribution in [3.05, 3.63) is 71.1 Å². The van der Waals surface area contributed by atoms with Gasteiger partial charge in [-0.2, -0.15) is 18.3 Å². The fourth-order valence-corrected chi connectivity index (χ4v) is 6.67. The Balaban J connectivity index is 1.15. The predicted octanol–water partition coefficient (Wildman–Crippen LogP) is 5.16. The van der Waals surface area contributed by atoms with Crippen LogP contribution in [0.1, 0.15) is 65.5 Å². The first-order valence-corrected chi connectivity index (χ1v) is 15.1. The van der Waals surface area contributed by atoms with E-state index in [2.05, 4.69) is 22.0 Å². The molecule has 12 heteroatoms. The van der Waals surface area contributed by atoms with Gasteiger partial charge >= 0.3 is 6.18 Å². The molecule has 1 saturated carbocycles. The molecule has 2 fully saturated rings. The zero-order valence-corrected chi connectivity index (χ0v) is 25.1. The van der Waals surface area contributed by atoms with E-state index in [1.807, 2.05) is 34.9 Å². The first-order chi connectivity index (χ1) is 21.0. The van der Waals surface area contributed by atoms with Gasteiger partial charge in [-0.15, -0.1) is 0 Å². The second kappa shape index (κ2) is 11.7. The van der Waals surface area contributed by atoms with Gasteiger partial charge in [0.1, 0.15) is 0 Å². The number of carbonyl (C=O) groups is 2. The van der Waals surface area contributed by atoms with E-state index in [0.717, 1.165) is 35.1 Å². The molecular weight excluding hydrogens is 571 g/mol. The number of carbonyl (C=O) groups excluding carboxylic acids is 2. The van der Waals surface area contributed by atoms with E-state index in [1.165, 1.54) is 25.9 Å². The fraction of sp³-hybridized carbons (Fsp3) is 0.469. The monoisotopic (exact) mass is 607 g/mol. The third kappa shape index (κ3) is 5.69. The smallest absolute Gasteiger partial charge is 0.339 e. The highest BCUT2D eigenvalue weighted by Gasteiger charge is 2.38. The van der Waals surface area contributed by atoms with Crippen molar-refractivity contribution < 1.29 is 22.8 Å². The third-order valence-corrected chi connectivity index (χ3v) is 9.07. The van der Waals surface area contributed by atoms with Gasteiger partial charge in [-0.25, -0.2) is 4.98 Å². The highest BCUT2D eigenvalue weighted by atomic mass is 19.4. The lowest BCUT2D eigenvalue weighted by atomic mass is 9.79. The van der Waals surface area contributed by atoms with Crippen LogP contribution >= 0.6 is 0 Å². The maximum Gasteiger partial charge on any atom is 0.435 e. The number of nitrogens with zero attached hydrogens (tertiary/aromatic N) is 7. The number of piperazine rings is 1. The number of alkyl halides is 3. The van der Waals surface area contributed by atoms with Gasteiger partial charge in [-0.1, -0.05) is 31.9 Å². The Labute approximate surface area is 253 Å². The Bertz CT molecular complexity index is 1700. The van der Waals surface area contributed by atoms with Crippen LogP contribution in [0.25, 0.3) is 16.9 Å². The number of aromatic nitrogens is 5. The third-order valence-electron chi connectivity index (χ3n) is 9.07. The maximum atomic E-state index is 13.6. The average molecular weight is 608 g/mol. The number of halogens is 3. The molecule has 4 aromatic rings. The number of rotatable bonds is 5. The van der Waals surface area contributed by atoms with Crippen LogP contribution in [-0.2, 0) is 24.4 Å². The maximum absolute atomic E-state index is 13.6. The van der Waals surface area contributed by atoms with Crippen LogP contribution in [-0.4, -0.2) is 71.9 Å². The summed E-state index contributed by atoms with van der Waals surface area (Å²) in [6, 6.07) is 5.63. The molecule has 0 bridgehead atoms. The molecule has 2 atom stereocenters. The highest BCUT2D eigenvalue weighted by molar-refractivity contribution is 5.96. The largest absolute Gasteiger partial charge is 0.435 e. The SMILES string of the molecule is Cc1cc(Cc2nccn3c(-c4cn(C)nc4C(F)(F)F)cnc23)ccc1C(=O)N1CCN(C(=O)[C@H]2CCCC[C@@H]2C)CC1. The van der Waals surface area contributed by atoms with Crippen LogP contribution in [0.15, 0.2) is 43.0 Å². The fourth-order valence-electron chi connectivity index (χ4n) is 6.67. The number of aryl methyl sites for hydroxylation is 2. The zero-order chi connectivity index (χ0) is 31.2. The van der Waals surface area contributed by atoms with Crippen molar-refractivity contribution in [1.82, 2.24) is 33.9 Å².